The first kappa shape index (κ1) is 16.1. The van der Waals surface area contributed by atoms with Crippen LogP contribution < -0.4 is 9.64 Å². The van der Waals surface area contributed by atoms with Crippen LogP contribution >= 0.6 is 11.3 Å². The Morgan fingerprint density at radius 3 is 2.50 bits per heavy atom. The number of rotatable bonds is 5. The van der Waals surface area contributed by atoms with Crippen molar-refractivity contribution >= 4 is 34.5 Å². The lowest BCUT2D eigenvalue weighted by Gasteiger charge is -2.07. The molecule has 0 saturated carbocycles. The van der Waals surface area contributed by atoms with Crippen LogP contribution in [0.4, 0.5) is 5.00 Å². The minimum atomic E-state index is -0.402. The van der Waals surface area contributed by atoms with Gasteiger partial charge in [-0.15, -0.1) is 11.3 Å². The number of benzene rings is 1. The second-order valence-electron chi connectivity index (χ2n) is 4.86. The molecule has 2 rings (SSSR count). The van der Waals surface area contributed by atoms with E-state index in [-0.39, 0.29) is 0 Å². The first-order valence-electron chi connectivity index (χ1n) is 6.76. The molecule has 0 saturated heterocycles. The predicted octanol–water partition coefficient (Wildman–Crippen LogP) is 3.78. The third-order valence-electron chi connectivity index (χ3n) is 3.12. The zero-order valence-corrected chi connectivity index (χ0v) is 13.9. The Morgan fingerprint density at radius 2 is 1.91 bits per heavy atom. The topological polar surface area (TPSA) is 38.8 Å². The zero-order valence-electron chi connectivity index (χ0n) is 13.1. The zero-order chi connectivity index (χ0) is 16.1. The van der Waals surface area contributed by atoms with Crippen LogP contribution in [0.25, 0.3) is 12.2 Å². The van der Waals surface area contributed by atoms with Gasteiger partial charge >= 0.3 is 5.97 Å². The molecular formula is C17H19NO3S. The second kappa shape index (κ2) is 7.13. The van der Waals surface area contributed by atoms with Gasteiger partial charge in [0.15, 0.2) is 0 Å². The summed E-state index contributed by atoms with van der Waals surface area (Å²) < 4.78 is 9.99. The lowest BCUT2D eigenvalue weighted by Crippen LogP contribution is -2.05. The summed E-state index contributed by atoms with van der Waals surface area (Å²) in [5.41, 5.74) is 1.39. The third kappa shape index (κ3) is 3.68. The highest BCUT2D eigenvalue weighted by molar-refractivity contribution is 7.16. The van der Waals surface area contributed by atoms with Gasteiger partial charge in [0, 0.05) is 19.0 Å². The fraction of sp³-hybridized carbons (Fsp3) is 0.235. The highest BCUT2D eigenvalue weighted by Crippen LogP contribution is 2.27. The molecule has 2 aromatic rings. The normalized spacial score (nSPS) is 10.7. The van der Waals surface area contributed by atoms with E-state index in [1.165, 1.54) is 24.1 Å². The molecule has 0 fully saturated rings. The van der Waals surface area contributed by atoms with Crippen molar-refractivity contribution in [1.82, 2.24) is 0 Å². The number of anilines is 1. The van der Waals surface area contributed by atoms with Gasteiger partial charge in [-0.3, -0.25) is 0 Å². The second-order valence-corrected chi connectivity index (χ2v) is 5.95. The Balaban J connectivity index is 2.22. The molecule has 1 heterocycles. The summed E-state index contributed by atoms with van der Waals surface area (Å²) >= 11 is 1.72. The number of esters is 1. The Labute approximate surface area is 134 Å². The molecule has 0 radical (unpaired) electrons. The average molecular weight is 317 g/mol. The quantitative estimate of drug-likeness (QED) is 0.787. The summed E-state index contributed by atoms with van der Waals surface area (Å²) in [6.07, 6.45) is 4.04. The predicted molar refractivity (Wildman–Crippen MR) is 91.9 cm³/mol. The summed E-state index contributed by atoms with van der Waals surface area (Å²) in [6.45, 7) is 0. The monoisotopic (exact) mass is 317 g/mol. The molecule has 0 spiro atoms. The molecule has 0 amide bonds. The van der Waals surface area contributed by atoms with Gasteiger partial charge in [-0.25, -0.2) is 4.79 Å². The van der Waals surface area contributed by atoms with Crippen molar-refractivity contribution in [2.24, 2.45) is 0 Å². The number of methoxy groups -OCH3 is 2. The number of hydrogen-bond donors (Lipinski definition) is 0. The van der Waals surface area contributed by atoms with Crippen molar-refractivity contribution in [3.05, 3.63) is 46.3 Å². The molecule has 4 nitrogen and oxygen atoms in total. The van der Waals surface area contributed by atoms with Gasteiger partial charge in [-0.1, -0.05) is 12.1 Å². The van der Waals surface area contributed by atoms with Crippen molar-refractivity contribution in [3.63, 3.8) is 0 Å². The molecular weight excluding hydrogens is 298 g/mol. The van der Waals surface area contributed by atoms with Crippen LogP contribution in [0.1, 0.15) is 20.8 Å². The van der Waals surface area contributed by atoms with E-state index in [9.17, 15) is 4.79 Å². The molecule has 1 aromatic carbocycles. The molecule has 22 heavy (non-hydrogen) atoms. The van der Waals surface area contributed by atoms with E-state index in [1.807, 2.05) is 38.4 Å². The molecule has 0 unspecified atom stereocenters. The SMILES string of the molecule is COC(=O)c1ccc(/C=C/c2ccc(N(C)C)s2)cc1OC. The molecule has 0 atom stereocenters. The van der Waals surface area contributed by atoms with Gasteiger partial charge in [-0.05, 0) is 35.9 Å². The van der Waals surface area contributed by atoms with Crippen molar-refractivity contribution in [2.45, 2.75) is 0 Å². The highest BCUT2D eigenvalue weighted by Gasteiger charge is 2.12. The van der Waals surface area contributed by atoms with Crippen LogP contribution in [0.15, 0.2) is 30.3 Å². The van der Waals surface area contributed by atoms with Crippen LogP contribution in [-0.4, -0.2) is 34.3 Å². The Hall–Kier alpha value is -2.27. The molecule has 1 aromatic heterocycles. The highest BCUT2D eigenvalue weighted by atomic mass is 32.1. The molecule has 0 aliphatic carbocycles. The van der Waals surface area contributed by atoms with Gasteiger partial charge in [0.05, 0.1) is 19.2 Å². The summed E-state index contributed by atoms with van der Waals surface area (Å²) in [6, 6.07) is 9.57. The summed E-state index contributed by atoms with van der Waals surface area (Å²) in [5, 5.41) is 1.21. The first-order valence-corrected chi connectivity index (χ1v) is 7.58. The van der Waals surface area contributed by atoms with Crippen LogP contribution in [0, 0.1) is 0 Å². The Kier molecular flexibility index (Phi) is 5.22. The first-order chi connectivity index (χ1) is 10.5. The van der Waals surface area contributed by atoms with Crippen LogP contribution in [-0.2, 0) is 4.74 Å². The maximum Gasteiger partial charge on any atom is 0.341 e. The maximum absolute atomic E-state index is 11.6. The van der Waals surface area contributed by atoms with Crippen molar-refractivity contribution in [3.8, 4) is 5.75 Å². The van der Waals surface area contributed by atoms with E-state index in [2.05, 4.69) is 17.0 Å². The van der Waals surface area contributed by atoms with Crippen LogP contribution in [0.5, 0.6) is 5.75 Å². The summed E-state index contributed by atoms with van der Waals surface area (Å²) in [5.74, 6) is 0.107. The van der Waals surface area contributed by atoms with Crippen molar-refractivity contribution in [2.75, 3.05) is 33.2 Å². The summed E-state index contributed by atoms with van der Waals surface area (Å²) in [4.78, 5) is 14.9. The van der Waals surface area contributed by atoms with Crippen molar-refractivity contribution < 1.29 is 14.3 Å². The maximum atomic E-state index is 11.6. The van der Waals surface area contributed by atoms with Gasteiger partial charge in [-0.2, -0.15) is 0 Å². The van der Waals surface area contributed by atoms with E-state index >= 15 is 0 Å². The lowest BCUT2D eigenvalue weighted by atomic mass is 10.1. The van der Waals surface area contributed by atoms with Crippen molar-refractivity contribution in [1.29, 1.82) is 0 Å². The Bertz CT molecular complexity index is 689. The minimum Gasteiger partial charge on any atom is -0.496 e. The molecule has 5 heteroatoms. The number of nitrogens with zero attached hydrogens (tertiary/aromatic N) is 1. The average Bonchev–Trinajstić information content (AvgIpc) is 3.01. The smallest absolute Gasteiger partial charge is 0.341 e. The Morgan fingerprint density at radius 1 is 1.14 bits per heavy atom. The van der Waals surface area contributed by atoms with Gasteiger partial charge in [0.1, 0.15) is 11.3 Å². The number of carbonyl (C=O) groups is 1. The molecule has 0 aliphatic heterocycles. The molecule has 0 aliphatic rings. The minimum absolute atomic E-state index is 0.402. The fourth-order valence-electron chi connectivity index (χ4n) is 1.94. The van der Waals surface area contributed by atoms with E-state index in [0.717, 1.165) is 5.56 Å². The van der Waals surface area contributed by atoms with Crippen LogP contribution in [0.2, 0.25) is 0 Å². The van der Waals surface area contributed by atoms with Crippen LogP contribution in [0.3, 0.4) is 0 Å². The van der Waals surface area contributed by atoms with Gasteiger partial charge in [0.25, 0.3) is 0 Å². The summed E-state index contributed by atoms with van der Waals surface area (Å²) in [7, 11) is 6.94. The van der Waals surface area contributed by atoms with E-state index in [4.69, 9.17) is 9.47 Å². The number of thiophene rings is 1. The standard InChI is InChI=1S/C17H19NO3S/c1-18(2)16-10-8-13(22-16)7-5-12-6-9-14(17(19)21-4)15(11-12)20-3/h5-11H,1-4H3/b7-5+. The van der Waals surface area contributed by atoms with Gasteiger partial charge in [0.2, 0.25) is 0 Å². The molecule has 116 valence electrons. The number of hydrogen-bond acceptors (Lipinski definition) is 5. The number of ether oxygens (including phenoxy) is 2. The number of carbonyl (C=O) groups excluding carboxylic acids is 1. The van der Waals surface area contributed by atoms with Gasteiger partial charge < -0.3 is 14.4 Å². The van der Waals surface area contributed by atoms with E-state index < -0.39 is 5.97 Å². The molecule has 0 bridgehead atoms. The van der Waals surface area contributed by atoms with E-state index in [1.54, 1.807) is 17.4 Å². The third-order valence-corrected chi connectivity index (χ3v) is 4.34. The largest absolute Gasteiger partial charge is 0.496 e. The fourth-order valence-corrected chi connectivity index (χ4v) is 2.77. The lowest BCUT2D eigenvalue weighted by molar-refractivity contribution is 0.0597. The van der Waals surface area contributed by atoms with E-state index in [0.29, 0.717) is 11.3 Å². The molecule has 0 N–H and O–H groups in total.